The van der Waals surface area contributed by atoms with Gasteiger partial charge in [-0.2, -0.15) is 0 Å². The second-order valence-electron chi connectivity index (χ2n) is 7.83. The maximum Gasteiger partial charge on any atom is 0.118 e. The molecule has 3 nitrogen and oxygen atoms in total. The van der Waals surface area contributed by atoms with Gasteiger partial charge in [0.1, 0.15) is 10.8 Å². The zero-order chi connectivity index (χ0) is 15.2. The van der Waals surface area contributed by atoms with Gasteiger partial charge in [-0.1, -0.05) is 0 Å². The monoisotopic (exact) mass is 329 g/mol. The van der Waals surface area contributed by atoms with Crippen LogP contribution in [0.15, 0.2) is 22.5 Å². The first-order valence-corrected chi connectivity index (χ1v) is 10.4. The number of hydrogen-bond acceptors (Lipinski definition) is 3. The van der Waals surface area contributed by atoms with Crippen LogP contribution in [0.4, 0.5) is 5.00 Å². The minimum Gasteiger partial charge on any atom is -0.356 e. The smallest absolute Gasteiger partial charge is 0.118 e. The van der Waals surface area contributed by atoms with E-state index in [-0.39, 0.29) is 0 Å². The van der Waals surface area contributed by atoms with Gasteiger partial charge in [-0.25, -0.2) is 4.99 Å². The average Bonchev–Trinajstić information content (AvgIpc) is 3.09. The van der Waals surface area contributed by atoms with Crippen LogP contribution in [-0.4, -0.2) is 47.4 Å². The second-order valence-corrected chi connectivity index (χ2v) is 8.75. The summed E-state index contributed by atoms with van der Waals surface area (Å²) in [6, 6.07) is 5.94. The van der Waals surface area contributed by atoms with Crippen molar-refractivity contribution in [2.45, 2.75) is 57.0 Å². The molecule has 4 heteroatoms. The molecule has 0 aliphatic carbocycles. The van der Waals surface area contributed by atoms with E-state index in [2.05, 4.69) is 27.3 Å². The number of rotatable bonds is 1. The Bertz CT molecular complexity index is 579. The van der Waals surface area contributed by atoms with Crippen LogP contribution in [0.5, 0.6) is 0 Å². The fraction of sp³-hybridized carbons (Fsp3) is 0.737. The predicted octanol–water partition coefficient (Wildman–Crippen LogP) is 4.14. The van der Waals surface area contributed by atoms with Crippen LogP contribution in [-0.2, 0) is 0 Å². The van der Waals surface area contributed by atoms with Gasteiger partial charge in [0.2, 0.25) is 0 Å². The summed E-state index contributed by atoms with van der Waals surface area (Å²) in [6.45, 7) is 3.99. The Labute approximate surface area is 143 Å². The molecule has 5 heterocycles. The fourth-order valence-electron chi connectivity index (χ4n) is 5.86. The fourth-order valence-corrected chi connectivity index (χ4v) is 6.47. The summed E-state index contributed by atoms with van der Waals surface area (Å²) in [5, 5.41) is 3.34. The molecule has 5 rings (SSSR count). The molecule has 0 bridgehead atoms. The van der Waals surface area contributed by atoms with Gasteiger partial charge in [-0.15, -0.1) is 11.3 Å². The number of amidine groups is 1. The van der Waals surface area contributed by atoms with Crippen LogP contribution in [0.3, 0.4) is 0 Å². The van der Waals surface area contributed by atoms with Crippen molar-refractivity contribution in [1.82, 2.24) is 9.80 Å². The highest BCUT2D eigenvalue weighted by Gasteiger charge is 2.49. The molecule has 0 unspecified atom stereocenters. The van der Waals surface area contributed by atoms with Gasteiger partial charge in [-0.3, -0.25) is 4.90 Å². The molecule has 4 aliphatic rings. The number of fused-ring (bicyclic) bond motifs is 2. The van der Waals surface area contributed by atoms with Crippen molar-refractivity contribution in [1.29, 1.82) is 0 Å². The molecule has 0 radical (unpaired) electrons. The van der Waals surface area contributed by atoms with Gasteiger partial charge in [0.25, 0.3) is 0 Å². The third kappa shape index (κ3) is 2.45. The van der Waals surface area contributed by atoms with Crippen molar-refractivity contribution in [3.8, 4) is 0 Å². The lowest BCUT2D eigenvalue weighted by Gasteiger charge is -2.59. The summed E-state index contributed by atoms with van der Waals surface area (Å²) in [7, 11) is 0. The molecule has 4 aliphatic heterocycles. The molecule has 0 amide bonds. The molecule has 4 fully saturated rings. The van der Waals surface area contributed by atoms with Crippen LogP contribution < -0.4 is 0 Å². The second kappa shape index (κ2) is 5.89. The van der Waals surface area contributed by atoms with Crippen LogP contribution in [0.2, 0.25) is 0 Å². The van der Waals surface area contributed by atoms with E-state index in [9.17, 15) is 0 Å². The number of nitrogens with zero attached hydrogens (tertiary/aromatic N) is 3. The number of hydrogen-bond donors (Lipinski definition) is 0. The summed E-state index contributed by atoms with van der Waals surface area (Å²) in [5.41, 5.74) is 0. The zero-order valence-electron chi connectivity index (χ0n) is 13.9. The summed E-state index contributed by atoms with van der Waals surface area (Å²) in [5.74, 6) is 3.18. The summed E-state index contributed by atoms with van der Waals surface area (Å²) >= 11 is 1.77. The standard InChI is InChI=1S/C19H27N3S/c1-7-16-15-6-3-11-21-10-2-5-14(19(15)21)13-22(16)17(8-1)20-18-9-4-12-23-18/h4,9,12,14-16,19H,1-3,5-8,10-11,13H2/b20-17+/t14-,15-,16-,19+/m1/s1. The van der Waals surface area contributed by atoms with Crippen molar-refractivity contribution >= 4 is 22.2 Å². The minimum atomic E-state index is 0.768. The van der Waals surface area contributed by atoms with Crippen LogP contribution >= 0.6 is 11.3 Å². The molecular formula is C19H27N3S. The quantitative estimate of drug-likeness (QED) is 0.771. The molecular weight excluding hydrogens is 302 g/mol. The highest BCUT2D eigenvalue weighted by molar-refractivity contribution is 7.13. The summed E-state index contributed by atoms with van der Waals surface area (Å²) < 4.78 is 0. The van der Waals surface area contributed by atoms with Gasteiger partial charge < -0.3 is 4.90 Å². The van der Waals surface area contributed by atoms with Gasteiger partial charge in [0.05, 0.1) is 0 Å². The molecule has 4 saturated heterocycles. The third-order valence-electron chi connectivity index (χ3n) is 6.65. The van der Waals surface area contributed by atoms with E-state index in [1.54, 1.807) is 11.3 Å². The summed E-state index contributed by atoms with van der Waals surface area (Å²) in [6.07, 6.45) is 9.62. The zero-order valence-corrected chi connectivity index (χ0v) is 14.7. The molecule has 4 atom stereocenters. The Morgan fingerprint density at radius 3 is 2.87 bits per heavy atom. The van der Waals surface area contributed by atoms with Crippen molar-refractivity contribution in [3.05, 3.63) is 17.5 Å². The Morgan fingerprint density at radius 2 is 2.00 bits per heavy atom. The van der Waals surface area contributed by atoms with E-state index in [1.807, 2.05) is 0 Å². The first-order valence-electron chi connectivity index (χ1n) is 9.52. The van der Waals surface area contributed by atoms with Gasteiger partial charge in [-0.05, 0) is 81.0 Å². The molecule has 23 heavy (non-hydrogen) atoms. The van der Waals surface area contributed by atoms with Crippen molar-refractivity contribution in [3.63, 3.8) is 0 Å². The SMILES string of the molecule is c1csc(/N=C2\CCC[C@@H]3[C@H]4CCCN5CCC[C@H](CN23)[C@@H]45)c1. The normalized spacial score (nSPS) is 39.1. The summed E-state index contributed by atoms with van der Waals surface area (Å²) in [4.78, 5) is 10.7. The van der Waals surface area contributed by atoms with E-state index in [4.69, 9.17) is 4.99 Å². The lowest BCUT2D eigenvalue weighted by molar-refractivity contribution is -0.0604. The largest absolute Gasteiger partial charge is 0.356 e. The Hall–Kier alpha value is -0.870. The Kier molecular flexibility index (Phi) is 3.71. The molecule has 0 saturated carbocycles. The average molecular weight is 330 g/mol. The first kappa shape index (κ1) is 14.5. The molecule has 0 aromatic carbocycles. The van der Waals surface area contributed by atoms with E-state index >= 15 is 0 Å². The molecule has 0 spiro atoms. The lowest BCUT2D eigenvalue weighted by atomic mass is 9.68. The molecule has 1 aromatic heterocycles. The van der Waals surface area contributed by atoms with Crippen LogP contribution in [0, 0.1) is 11.8 Å². The topological polar surface area (TPSA) is 18.8 Å². The van der Waals surface area contributed by atoms with E-state index in [1.165, 1.54) is 75.4 Å². The predicted molar refractivity (Wildman–Crippen MR) is 96.6 cm³/mol. The van der Waals surface area contributed by atoms with Crippen molar-refractivity contribution in [2.24, 2.45) is 16.8 Å². The number of aliphatic imine (C=N–C) groups is 1. The van der Waals surface area contributed by atoms with Crippen LogP contribution in [0.1, 0.15) is 44.9 Å². The van der Waals surface area contributed by atoms with E-state index < -0.39 is 0 Å². The Balaban J connectivity index is 1.47. The maximum atomic E-state index is 5.05. The lowest BCUT2D eigenvalue weighted by Crippen LogP contribution is -2.66. The maximum absolute atomic E-state index is 5.05. The van der Waals surface area contributed by atoms with E-state index in [0.29, 0.717) is 0 Å². The minimum absolute atomic E-state index is 0.768. The number of piperidine rings is 4. The van der Waals surface area contributed by atoms with Gasteiger partial charge in [0.15, 0.2) is 0 Å². The van der Waals surface area contributed by atoms with Gasteiger partial charge >= 0.3 is 0 Å². The van der Waals surface area contributed by atoms with Crippen LogP contribution in [0.25, 0.3) is 0 Å². The Morgan fingerprint density at radius 1 is 1.09 bits per heavy atom. The molecule has 124 valence electrons. The highest BCUT2D eigenvalue weighted by Crippen LogP contribution is 2.45. The first-order chi connectivity index (χ1) is 11.4. The third-order valence-corrected chi connectivity index (χ3v) is 7.41. The molecule has 1 aromatic rings. The van der Waals surface area contributed by atoms with Gasteiger partial charge in [0, 0.05) is 25.0 Å². The number of thiophene rings is 1. The van der Waals surface area contributed by atoms with E-state index in [0.717, 1.165) is 23.9 Å². The highest BCUT2D eigenvalue weighted by atomic mass is 32.1. The van der Waals surface area contributed by atoms with Crippen molar-refractivity contribution in [2.75, 3.05) is 19.6 Å². The van der Waals surface area contributed by atoms with Crippen molar-refractivity contribution < 1.29 is 0 Å². The molecule has 0 N–H and O–H groups in total.